The van der Waals surface area contributed by atoms with Gasteiger partial charge in [0.2, 0.25) is 0 Å². The summed E-state index contributed by atoms with van der Waals surface area (Å²) in [5.41, 5.74) is 8.04. The van der Waals surface area contributed by atoms with Crippen LogP contribution in [-0.2, 0) is 16.2 Å². The standard InChI is InChI=1S/C13H17N3O.2C13H16N2O/c1-13(2,3)9-5-6-11-15-7-10(12(17)14-4)16(11)8-9;2*1-9(16)11-7-14-12-6-5-10(8-15(11)12)13(2,3)4/h5-8H,1-4H3,(H,14,17);2*5-8H,1-4H3. The number of imidazole rings is 3. The summed E-state index contributed by atoms with van der Waals surface area (Å²) in [7, 11) is 1.62. The number of pyridine rings is 3. The normalized spacial score (nSPS) is 11.9. The number of rotatable bonds is 3. The largest absolute Gasteiger partial charge is 0.354 e. The lowest BCUT2D eigenvalue weighted by Crippen LogP contribution is -2.20. The van der Waals surface area contributed by atoms with Gasteiger partial charge in [-0.2, -0.15) is 0 Å². The highest BCUT2D eigenvalue weighted by Gasteiger charge is 2.18. The molecule has 0 radical (unpaired) electrons. The molecule has 0 unspecified atom stereocenters. The molecule has 6 rings (SSSR count). The van der Waals surface area contributed by atoms with Gasteiger partial charge in [0, 0.05) is 39.5 Å². The molecule has 10 nitrogen and oxygen atoms in total. The molecule has 258 valence electrons. The minimum absolute atomic E-state index is 0.0403. The Hall–Kier alpha value is -5.12. The van der Waals surface area contributed by atoms with Crippen molar-refractivity contribution in [3.05, 3.63) is 107 Å². The van der Waals surface area contributed by atoms with Crippen LogP contribution in [0.5, 0.6) is 0 Å². The van der Waals surface area contributed by atoms with Crippen LogP contribution in [0, 0.1) is 0 Å². The van der Waals surface area contributed by atoms with Crippen molar-refractivity contribution < 1.29 is 14.4 Å². The van der Waals surface area contributed by atoms with E-state index in [4.69, 9.17) is 0 Å². The topological polar surface area (TPSA) is 115 Å². The lowest BCUT2D eigenvalue weighted by molar-refractivity contribution is 0.0955. The van der Waals surface area contributed by atoms with Gasteiger partial charge in [-0.1, -0.05) is 80.5 Å². The number of carbonyl (C=O) groups is 3. The Morgan fingerprint density at radius 1 is 0.510 bits per heavy atom. The summed E-state index contributed by atoms with van der Waals surface area (Å²) < 4.78 is 5.56. The number of Topliss-reactive ketones (excluding diaryl/α,β-unsaturated/α-hetero) is 2. The van der Waals surface area contributed by atoms with Crippen molar-refractivity contribution >= 4 is 34.4 Å². The number of carbonyl (C=O) groups excluding carboxylic acids is 3. The molecule has 0 aliphatic heterocycles. The Morgan fingerprint density at radius 2 is 0.796 bits per heavy atom. The Kier molecular flexibility index (Phi) is 10.3. The fraction of sp³-hybridized carbons (Fsp3) is 0.385. The van der Waals surface area contributed by atoms with E-state index in [-0.39, 0.29) is 33.7 Å². The molecule has 0 aliphatic rings. The number of amides is 1. The van der Waals surface area contributed by atoms with Gasteiger partial charge in [-0.3, -0.25) is 27.6 Å². The molecular weight excluding hydrogens is 614 g/mol. The fourth-order valence-electron chi connectivity index (χ4n) is 5.09. The Balaban J connectivity index is 0.000000166. The van der Waals surface area contributed by atoms with E-state index in [1.54, 1.807) is 39.5 Å². The quantitative estimate of drug-likeness (QED) is 0.195. The van der Waals surface area contributed by atoms with Crippen LogP contribution in [-0.4, -0.2) is 52.7 Å². The molecule has 0 atom stereocenters. The second kappa shape index (κ2) is 13.8. The summed E-state index contributed by atoms with van der Waals surface area (Å²) in [4.78, 5) is 47.1. The predicted molar refractivity (Wildman–Crippen MR) is 195 cm³/mol. The molecule has 0 aromatic carbocycles. The molecule has 10 heteroatoms. The van der Waals surface area contributed by atoms with Crippen LogP contribution in [0.2, 0.25) is 0 Å². The Labute approximate surface area is 288 Å². The summed E-state index contributed by atoms with van der Waals surface area (Å²) in [5.74, 6) is -0.0410. The number of ketones is 2. The molecule has 0 aliphatic carbocycles. The van der Waals surface area contributed by atoms with Crippen molar-refractivity contribution in [1.29, 1.82) is 0 Å². The third-order valence-electron chi connectivity index (χ3n) is 8.30. The Morgan fingerprint density at radius 3 is 1.06 bits per heavy atom. The van der Waals surface area contributed by atoms with Gasteiger partial charge in [-0.15, -0.1) is 0 Å². The van der Waals surface area contributed by atoms with Gasteiger partial charge >= 0.3 is 0 Å². The van der Waals surface area contributed by atoms with Gasteiger partial charge in [0.05, 0.1) is 18.6 Å². The third kappa shape index (κ3) is 8.31. The molecule has 0 saturated carbocycles. The van der Waals surface area contributed by atoms with Crippen molar-refractivity contribution in [3.63, 3.8) is 0 Å². The monoisotopic (exact) mass is 663 g/mol. The first-order valence-electron chi connectivity index (χ1n) is 16.4. The lowest BCUT2D eigenvalue weighted by atomic mass is 9.88. The van der Waals surface area contributed by atoms with Crippen LogP contribution >= 0.6 is 0 Å². The molecule has 0 saturated heterocycles. The highest BCUT2D eigenvalue weighted by atomic mass is 16.2. The first-order valence-corrected chi connectivity index (χ1v) is 16.4. The van der Waals surface area contributed by atoms with E-state index in [1.807, 2.05) is 50.0 Å². The highest BCUT2D eigenvalue weighted by Crippen LogP contribution is 2.25. The zero-order valence-electron chi connectivity index (χ0n) is 30.8. The second-order valence-corrected chi connectivity index (χ2v) is 15.3. The molecule has 6 aromatic rings. The molecule has 0 spiro atoms. The van der Waals surface area contributed by atoms with Crippen LogP contribution in [0.3, 0.4) is 0 Å². The lowest BCUT2D eigenvalue weighted by Gasteiger charge is -2.19. The first kappa shape index (κ1) is 36.7. The van der Waals surface area contributed by atoms with Crippen molar-refractivity contribution in [3.8, 4) is 0 Å². The summed E-state index contributed by atoms with van der Waals surface area (Å²) in [6, 6.07) is 12.0. The van der Waals surface area contributed by atoms with Gasteiger partial charge < -0.3 is 5.32 Å². The smallest absolute Gasteiger partial charge is 0.269 e. The molecule has 6 heterocycles. The van der Waals surface area contributed by atoms with Gasteiger partial charge in [-0.05, 0) is 51.1 Å². The zero-order valence-corrected chi connectivity index (χ0v) is 30.8. The van der Waals surface area contributed by atoms with Crippen LogP contribution in [0.1, 0.15) is 124 Å². The molecule has 6 aromatic heterocycles. The first-order chi connectivity index (χ1) is 22.7. The fourth-order valence-corrected chi connectivity index (χ4v) is 5.09. The summed E-state index contributed by atoms with van der Waals surface area (Å²) in [6.07, 6.45) is 10.8. The van der Waals surface area contributed by atoms with E-state index in [2.05, 4.69) is 101 Å². The average Bonchev–Trinajstić information content (AvgIpc) is 3.75. The average molecular weight is 664 g/mol. The minimum atomic E-state index is -0.122. The van der Waals surface area contributed by atoms with Crippen LogP contribution in [0.15, 0.2) is 73.6 Å². The number of nitrogens with zero attached hydrogens (tertiary/aromatic N) is 6. The van der Waals surface area contributed by atoms with Crippen molar-refractivity contribution in [2.45, 2.75) is 92.4 Å². The number of hydrogen-bond donors (Lipinski definition) is 1. The van der Waals surface area contributed by atoms with E-state index < -0.39 is 0 Å². The number of aromatic nitrogens is 6. The SMILES string of the molecule is CC(=O)c1cnc2ccc(C(C)(C)C)cn12.CC(=O)c1cnc2ccc(C(C)(C)C)cn12.CNC(=O)c1cnc2ccc(C(C)(C)C)cn12. The third-order valence-corrected chi connectivity index (χ3v) is 8.30. The highest BCUT2D eigenvalue weighted by molar-refractivity contribution is 5.94. The summed E-state index contributed by atoms with van der Waals surface area (Å²) in [5, 5.41) is 2.62. The Bertz CT molecular complexity index is 2040. The minimum Gasteiger partial charge on any atom is -0.354 e. The summed E-state index contributed by atoms with van der Waals surface area (Å²) in [6.45, 7) is 22.5. The van der Waals surface area contributed by atoms with E-state index in [1.165, 1.54) is 16.7 Å². The maximum absolute atomic E-state index is 11.7. The van der Waals surface area contributed by atoms with Gasteiger partial charge in [0.25, 0.3) is 5.91 Å². The molecule has 1 N–H and O–H groups in total. The number of nitrogens with one attached hydrogen (secondary N) is 1. The van der Waals surface area contributed by atoms with Crippen molar-refractivity contribution in [2.75, 3.05) is 7.05 Å². The van der Waals surface area contributed by atoms with Crippen LogP contribution < -0.4 is 5.32 Å². The second-order valence-electron chi connectivity index (χ2n) is 15.3. The van der Waals surface area contributed by atoms with E-state index in [9.17, 15) is 14.4 Å². The number of hydrogen-bond acceptors (Lipinski definition) is 6. The van der Waals surface area contributed by atoms with E-state index in [0.717, 1.165) is 16.9 Å². The van der Waals surface area contributed by atoms with Gasteiger partial charge in [-0.25, -0.2) is 15.0 Å². The van der Waals surface area contributed by atoms with Crippen LogP contribution in [0.4, 0.5) is 0 Å². The maximum Gasteiger partial charge on any atom is 0.269 e. The molecular formula is C39H49N7O3. The molecule has 1 amide bonds. The van der Waals surface area contributed by atoms with Gasteiger partial charge in [0.1, 0.15) is 34.0 Å². The van der Waals surface area contributed by atoms with E-state index >= 15 is 0 Å². The zero-order chi connectivity index (χ0) is 36.5. The predicted octanol–water partition coefficient (Wildman–Crippen LogP) is 7.66. The van der Waals surface area contributed by atoms with Crippen molar-refractivity contribution in [2.24, 2.45) is 0 Å². The van der Waals surface area contributed by atoms with E-state index in [0.29, 0.717) is 17.1 Å². The summed E-state index contributed by atoms with van der Waals surface area (Å²) >= 11 is 0. The molecule has 49 heavy (non-hydrogen) atoms. The van der Waals surface area contributed by atoms with Crippen molar-refractivity contribution in [1.82, 2.24) is 33.5 Å². The van der Waals surface area contributed by atoms with Crippen LogP contribution in [0.25, 0.3) is 16.9 Å². The molecule has 0 bridgehead atoms. The molecule has 0 fully saturated rings. The number of fused-ring (bicyclic) bond motifs is 3. The van der Waals surface area contributed by atoms with Gasteiger partial charge in [0.15, 0.2) is 11.6 Å². The maximum atomic E-state index is 11.7.